The predicted octanol–water partition coefficient (Wildman–Crippen LogP) is 4.52. The molecular formula is C19H15NOS. The van der Waals surface area contributed by atoms with Gasteiger partial charge in [-0.25, -0.2) is 0 Å². The van der Waals surface area contributed by atoms with E-state index in [-0.39, 0.29) is 11.3 Å². The summed E-state index contributed by atoms with van der Waals surface area (Å²) in [5, 5.41) is 5.36. The predicted molar refractivity (Wildman–Crippen MR) is 91.9 cm³/mol. The quantitative estimate of drug-likeness (QED) is 0.771. The number of benzene rings is 3. The average molecular weight is 305 g/mol. The van der Waals surface area contributed by atoms with E-state index in [0.29, 0.717) is 0 Å². The van der Waals surface area contributed by atoms with Crippen molar-refractivity contribution in [2.75, 3.05) is 0 Å². The molecule has 1 heterocycles. The number of hydrogen-bond donors (Lipinski definition) is 1. The van der Waals surface area contributed by atoms with Gasteiger partial charge in [-0.05, 0) is 22.6 Å². The van der Waals surface area contributed by atoms with E-state index < -0.39 is 0 Å². The molecule has 108 valence electrons. The van der Waals surface area contributed by atoms with Crippen LogP contribution in [0.15, 0.2) is 66.7 Å². The average Bonchev–Trinajstić information content (AvgIpc) is 2.58. The van der Waals surface area contributed by atoms with Gasteiger partial charge in [-0.15, -0.1) is 11.8 Å². The van der Waals surface area contributed by atoms with Crippen LogP contribution in [0, 0.1) is 0 Å². The molecule has 0 aliphatic carbocycles. The SMILES string of the molecule is O=C1NC(SCc2ccccc2)c2cccc3cccc1c23. The molecular weight excluding hydrogens is 290 g/mol. The normalized spacial score (nSPS) is 16.5. The molecule has 1 N–H and O–H groups in total. The molecule has 4 rings (SSSR count). The summed E-state index contributed by atoms with van der Waals surface area (Å²) in [4.78, 5) is 12.4. The first kappa shape index (κ1) is 13.4. The Morgan fingerprint density at radius 3 is 2.50 bits per heavy atom. The Balaban J connectivity index is 1.71. The van der Waals surface area contributed by atoms with Crippen LogP contribution in [-0.4, -0.2) is 5.91 Å². The van der Waals surface area contributed by atoms with Crippen LogP contribution in [0.25, 0.3) is 10.8 Å². The van der Waals surface area contributed by atoms with Gasteiger partial charge in [-0.3, -0.25) is 4.79 Å². The molecule has 0 spiro atoms. The summed E-state index contributed by atoms with van der Waals surface area (Å²) in [5.41, 5.74) is 3.26. The maximum absolute atomic E-state index is 12.4. The van der Waals surface area contributed by atoms with Gasteiger partial charge in [0.1, 0.15) is 5.37 Å². The van der Waals surface area contributed by atoms with E-state index in [1.54, 1.807) is 11.8 Å². The lowest BCUT2D eigenvalue weighted by Crippen LogP contribution is -2.31. The van der Waals surface area contributed by atoms with Crippen molar-refractivity contribution in [1.82, 2.24) is 5.32 Å². The Kier molecular flexibility index (Phi) is 3.35. The zero-order chi connectivity index (χ0) is 14.9. The third-order valence-corrected chi connectivity index (χ3v) is 5.19. The largest absolute Gasteiger partial charge is 0.336 e. The molecule has 3 aromatic carbocycles. The van der Waals surface area contributed by atoms with Crippen molar-refractivity contribution in [1.29, 1.82) is 0 Å². The van der Waals surface area contributed by atoms with Crippen LogP contribution in [0.5, 0.6) is 0 Å². The van der Waals surface area contributed by atoms with Gasteiger partial charge in [0.15, 0.2) is 0 Å². The molecule has 22 heavy (non-hydrogen) atoms. The summed E-state index contributed by atoms with van der Waals surface area (Å²) in [5.74, 6) is 0.902. The number of carbonyl (C=O) groups is 1. The fourth-order valence-electron chi connectivity index (χ4n) is 2.94. The minimum atomic E-state index is 0.00584. The highest BCUT2D eigenvalue weighted by Crippen LogP contribution is 2.38. The van der Waals surface area contributed by atoms with E-state index in [2.05, 4.69) is 41.7 Å². The molecule has 0 radical (unpaired) electrons. The Morgan fingerprint density at radius 1 is 0.909 bits per heavy atom. The van der Waals surface area contributed by atoms with E-state index in [9.17, 15) is 4.79 Å². The topological polar surface area (TPSA) is 29.1 Å². The molecule has 0 saturated carbocycles. The van der Waals surface area contributed by atoms with E-state index in [1.165, 1.54) is 11.1 Å². The van der Waals surface area contributed by atoms with E-state index in [1.807, 2.05) is 30.3 Å². The molecule has 1 atom stereocenters. The molecule has 3 aromatic rings. The molecule has 2 nitrogen and oxygen atoms in total. The highest BCUT2D eigenvalue weighted by atomic mass is 32.2. The van der Waals surface area contributed by atoms with Gasteiger partial charge >= 0.3 is 0 Å². The van der Waals surface area contributed by atoms with Gasteiger partial charge in [0.25, 0.3) is 5.91 Å². The number of carbonyl (C=O) groups excluding carboxylic acids is 1. The van der Waals surface area contributed by atoms with E-state index in [0.717, 1.165) is 22.1 Å². The van der Waals surface area contributed by atoms with Crippen LogP contribution in [0.3, 0.4) is 0 Å². The first-order valence-corrected chi connectivity index (χ1v) is 8.36. The molecule has 1 amide bonds. The lowest BCUT2D eigenvalue weighted by Gasteiger charge is -2.26. The van der Waals surface area contributed by atoms with E-state index in [4.69, 9.17) is 0 Å². The molecule has 0 fully saturated rings. The third kappa shape index (κ3) is 2.28. The van der Waals surface area contributed by atoms with Crippen molar-refractivity contribution in [3.05, 3.63) is 83.4 Å². The van der Waals surface area contributed by atoms with E-state index >= 15 is 0 Å². The van der Waals surface area contributed by atoms with Crippen LogP contribution >= 0.6 is 11.8 Å². The second-order valence-electron chi connectivity index (χ2n) is 5.40. The molecule has 3 heteroatoms. The zero-order valence-corrected chi connectivity index (χ0v) is 12.8. The summed E-state index contributed by atoms with van der Waals surface area (Å²) >= 11 is 1.76. The van der Waals surface area contributed by atoms with Gasteiger partial charge < -0.3 is 5.32 Å². The standard InChI is InChI=1S/C19H15NOS/c21-18-15-10-4-8-14-9-5-11-16(17(14)15)19(20-18)22-12-13-6-2-1-3-7-13/h1-11,19H,12H2,(H,20,21). The maximum atomic E-state index is 12.4. The van der Waals surface area contributed by atoms with Crippen LogP contribution in [0.2, 0.25) is 0 Å². The Labute approximate surface area is 133 Å². The summed E-state index contributed by atoms with van der Waals surface area (Å²) in [7, 11) is 0. The maximum Gasteiger partial charge on any atom is 0.253 e. The lowest BCUT2D eigenvalue weighted by atomic mass is 9.96. The van der Waals surface area contributed by atoms with Crippen molar-refractivity contribution in [3.63, 3.8) is 0 Å². The summed E-state index contributed by atoms with van der Waals surface area (Å²) < 4.78 is 0. The number of amides is 1. The van der Waals surface area contributed by atoms with Gasteiger partial charge in [0.05, 0.1) is 0 Å². The minimum Gasteiger partial charge on any atom is -0.336 e. The summed E-state index contributed by atoms with van der Waals surface area (Å²) in [6.45, 7) is 0. The zero-order valence-electron chi connectivity index (χ0n) is 12.0. The van der Waals surface area contributed by atoms with Gasteiger partial charge in [0, 0.05) is 16.7 Å². The second kappa shape index (κ2) is 5.50. The molecule has 0 saturated heterocycles. The lowest BCUT2D eigenvalue weighted by molar-refractivity contribution is 0.0948. The smallest absolute Gasteiger partial charge is 0.253 e. The van der Waals surface area contributed by atoms with Crippen LogP contribution in [0.4, 0.5) is 0 Å². The minimum absolute atomic E-state index is 0.00584. The van der Waals surface area contributed by atoms with Crippen molar-refractivity contribution in [2.45, 2.75) is 11.1 Å². The first-order valence-electron chi connectivity index (χ1n) is 7.31. The number of thioether (sulfide) groups is 1. The van der Waals surface area contributed by atoms with Gasteiger partial charge in [-0.2, -0.15) is 0 Å². The Hall–Kier alpha value is -2.26. The highest BCUT2D eigenvalue weighted by Gasteiger charge is 2.26. The number of rotatable bonds is 3. The Morgan fingerprint density at radius 2 is 1.68 bits per heavy atom. The molecule has 0 bridgehead atoms. The molecule has 0 aromatic heterocycles. The fraction of sp³-hybridized carbons (Fsp3) is 0.105. The molecule has 1 aliphatic rings. The second-order valence-corrected chi connectivity index (χ2v) is 6.49. The summed E-state index contributed by atoms with van der Waals surface area (Å²) in [6, 6.07) is 22.5. The van der Waals surface area contributed by atoms with Crippen molar-refractivity contribution >= 4 is 28.4 Å². The number of nitrogens with one attached hydrogen (secondary N) is 1. The van der Waals surface area contributed by atoms with Crippen LogP contribution in [-0.2, 0) is 5.75 Å². The van der Waals surface area contributed by atoms with Crippen molar-refractivity contribution in [3.8, 4) is 0 Å². The van der Waals surface area contributed by atoms with Crippen LogP contribution in [0.1, 0.15) is 26.9 Å². The van der Waals surface area contributed by atoms with Gasteiger partial charge in [-0.1, -0.05) is 60.7 Å². The molecule has 1 aliphatic heterocycles. The number of hydrogen-bond acceptors (Lipinski definition) is 2. The monoisotopic (exact) mass is 305 g/mol. The van der Waals surface area contributed by atoms with Crippen molar-refractivity contribution < 1.29 is 4.79 Å². The van der Waals surface area contributed by atoms with Crippen LogP contribution < -0.4 is 5.32 Å². The highest BCUT2D eigenvalue weighted by molar-refractivity contribution is 7.98. The Bertz CT molecular complexity index is 839. The van der Waals surface area contributed by atoms with Gasteiger partial charge in [0.2, 0.25) is 0 Å². The summed E-state index contributed by atoms with van der Waals surface area (Å²) in [6.07, 6.45) is 0. The fourth-order valence-corrected chi connectivity index (χ4v) is 4.06. The van der Waals surface area contributed by atoms with Crippen molar-refractivity contribution in [2.24, 2.45) is 0 Å². The molecule has 1 unspecified atom stereocenters. The first-order chi connectivity index (χ1) is 10.8. The third-order valence-electron chi connectivity index (χ3n) is 3.99.